The minimum absolute atomic E-state index is 0.0380. The van der Waals surface area contributed by atoms with Gasteiger partial charge in [0.2, 0.25) is 0 Å². The second-order valence-corrected chi connectivity index (χ2v) is 5.49. The Morgan fingerprint density at radius 3 is 3.00 bits per heavy atom. The highest BCUT2D eigenvalue weighted by atomic mass is 32.2. The molecule has 0 amide bonds. The van der Waals surface area contributed by atoms with E-state index in [2.05, 4.69) is 20.8 Å². The van der Waals surface area contributed by atoms with Crippen LogP contribution in [-0.2, 0) is 10.0 Å². The number of H-pyrrole nitrogens is 1. The first-order valence-electron chi connectivity index (χ1n) is 5.04. The van der Waals surface area contributed by atoms with Crippen molar-refractivity contribution >= 4 is 10.0 Å². The summed E-state index contributed by atoms with van der Waals surface area (Å²) >= 11 is 0. The molecule has 0 spiro atoms. The molecule has 2 atom stereocenters. The summed E-state index contributed by atoms with van der Waals surface area (Å²) in [7, 11) is -3.56. The third kappa shape index (κ3) is 2.08. The Hall–Kier alpha value is -1.39. The van der Waals surface area contributed by atoms with Gasteiger partial charge in [-0.3, -0.25) is 0 Å². The molecule has 0 aliphatic heterocycles. The Labute approximate surface area is 93.7 Å². The van der Waals surface area contributed by atoms with Crippen LogP contribution in [0.2, 0.25) is 0 Å². The predicted molar refractivity (Wildman–Crippen MR) is 55.7 cm³/mol. The standard InChI is InChI=1S/C9H12N4O2S/c10-4-7-2-1-3-8(7)13-16(14,15)9-5-11-6-12-9/h5-8,13H,1-3H2,(H,11,12). The van der Waals surface area contributed by atoms with Crippen LogP contribution in [0.25, 0.3) is 0 Å². The molecule has 1 fully saturated rings. The van der Waals surface area contributed by atoms with Crippen LogP contribution < -0.4 is 4.72 Å². The summed E-state index contributed by atoms with van der Waals surface area (Å²) in [6, 6.07) is 1.85. The quantitative estimate of drug-likeness (QED) is 0.797. The van der Waals surface area contributed by atoms with E-state index in [1.165, 1.54) is 12.5 Å². The lowest BCUT2D eigenvalue weighted by atomic mass is 10.1. The first kappa shape index (κ1) is 11.1. The van der Waals surface area contributed by atoms with E-state index < -0.39 is 10.0 Å². The van der Waals surface area contributed by atoms with E-state index in [1.807, 2.05) is 0 Å². The van der Waals surface area contributed by atoms with Crippen molar-refractivity contribution in [2.45, 2.75) is 30.3 Å². The Morgan fingerprint density at radius 1 is 1.56 bits per heavy atom. The number of nitriles is 1. The lowest BCUT2D eigenvalue weighted by Gasteiger charge is -2.14. The van der Waals surface area contributed by atoms with Crippen LogP contribution >= 0.6 is 0 Å². The van der Waals surface area contributed by atoms with Gasteiger partial charge in [0.1, 0.15) is 0 Å². The number of sulfonamides is 1. The van der Waals surface area contributed by atoms with Crippen molar-refractivity contribution in [2.24, 2.45) is 5.92 Å². The van der Waals surface area contributed by atoms with Gasteiger partial charge in [0, 0.05) is 6.04 Å². The van der Waals surface area contributed by atoms with Crippen LogP contribution in [0, 0.1) is 17.2 Å². The molecule has 0 saturated heterocycles. The number of aromatic amines is 1. The zero-order valence-electron chi connectivity index (χ0n) is 8.55. The van der Waals surface area contributed by atoms with Crippen molar-refractivity contribution in [3.8, 4) is 6.07 Å². The van der Waals surface area contributed by atoms with Gasteiger partial charge < -0.3 is 4.98 Å². The summed E-state index contributed by atoms with van der Waals surface area (Å²) < 4.78 is 26.2. The SMILES string of the molecule is N#CC1CCCC1NS(=O)(=O)c1cnc[nH]1. The van der Waals surface area contributed by atoms with Crippen LogP contribution in [-0.4, -0.2) is 24.4 Å². The number of rotatable bonds is 3. The minimum Gasteiger partial charge on any atom is -0.335 e. The second kappa shape index (κ2) is 4.23. The first-order chi connectivity index (χ1) is 7.63. The predicted octanol–water partition coefficient (Wildman–Crippen LogP) is 0.380. The fourth-order valence-electron chi connectivity index (χ4n) is 1.91. The van der Waals surface area contributed by atoms with E-state index >= 15 is 0 Å². The zero-order chi connectivity index (χ0) is 11.6. The highest BCUT2D eigenvalue weighted by molar-refractivity contribution is 7.89. The lowest BCUT2D eigenvalue weighted by Crippen LogP contribution is -2.37. The molecule has 1 aliphatic rings. The molecule has 16 heavy (non-hydrogen) atoms. The summed E-state index contributed by atoms with van der Waals surface area (Å²) in [5, 5.41) is 8.90. The molecule has 0 radical (unpaired) electrons. The molecule has 2 N–H and O–H groups in total. The molecule has 86 valence electrons. The molecule has 1 saturated carbocycles. The Morgan fingerprint density at radius 2 is 2.38 bits per heavy atom. The number of aromatic nitrogens is 2. The maximum absolute atomic E-state index is 11.8. The number of imidazole rings is 1. The Balaban J connectivity index is 2.13. The largest absolute Gasteiger partial charge is 0.335 e. The summed E-state index contributed by atoms with van der Waals surface area (Å²) in [6.07, 6.45) is 4.91. The lowest BCUT2D eigenvalue weighted by molar-refractivity contribution is 0.513. The van der Waals surface area contributed by atoms with Crippen molar-refractivity contribution in [2.75, 3.05) is 0 Å². The van der Waals surface area contributed by atoms with Crippen LogP contribution in [0.15, 0.2) is 17.6 Å². The van der Waals surface area contributed by atoms with Gasteiger partial charge in [-0.05, 0) is 12.8 Å². The monoisotopic (exact) mass is 240 g/mol. The van der Waals surface area contributed by atoms with Gasteiger partial charge in [0.25, 0.3) is 10.0 Å². The molecule has 1 aromatic heterocycles. The average Bonchev–Trinajstić information content (AvgIpc) is 2.86. The van der Waals surface area contributed by atoms with E-state index in [0.29, 0.717) is 6.42 Å². The van der Waals surface area contributed by atoms with Gasteiger partial charge in [-0.25, -0.2) is 18.1 Å². The van der Waals surface area contributed by atoms with Crippen LogP contribution in [0.5, 0.6) is 0 Å². The van der Waals surface area contributed by atoms with Crippen molar-refractivity contribution in [3.63, 3.8) is 0 Å². The fourth-order valence-corrected chi connectivity index (χ4v) is 3.12. The molecule has 1 aromatic rings. The van der Waals surface area contributed by atoms with Crippen molar-refractivity contribution in [3.05, 3.63) is 12.5 Å². The summed E-state index contributed by atoms with van der Waals surface area (Å²) in [6.45, 7) is 0. The Bertz CT molecular complexity index is 488. The van der Waals surface area contributed by atoms with E-state index in [0.717, 1.165) is 12.8 Å². The van der Waals surface area contributed by atoms with E-state index in [-0.39, 0.29) is 17.0 Å². The van der Waals surface area contributed by atoms with E-state index in [9.17, 15) is 8.42 Å². The molecule has 1 heterocycles. The number of hydrogen-bond donors (Lipinski definition) is 2. The fraction of sp³-hybridized carbons (Fsp3) is 0.556. The third-order valence-corrected chi connectivity index (χ3v) is 4.17. The van der Waals surface area contributed by atoms with Gasteiger partial charge in [-0.2, -0.15) is 5.26 Å². The van der Waals surface area contributed by atoms with Crippen molar-refractivity contribution < 1.29 is 8.42 Å². The normalized spacial score (nSPS) is 25.4. The Kier molecular flexibility index (Phi) is 2.94. The van der Waals surface area contributed by atoms with Gasteiger partial charge in [-0.1, -0.05) is 6.42 Å². The maximum atomic E-state index is 11.8. The van der Waals surface area contributed by atoms with Gasteiger partial charge in [0.15, 0.2) is 5.03 Å². The molecule has 0 aromatic carbocycles. The average molecular weight is 240 g/mol. The molecule has 1 aliphatic carbocycles. The molecular weight excluding hydrogens is 228 g/mol. The van der Waals surface area contributed by atoms with E-state index in [1.54, 1.807) is 0 Å². The smallest absolute Gasteiger partial charge is 0.257 e. The number of hydrogen-bond acceptors (Lipinski definition) is 4. The molecule has 2 unspecified atom stereocenters. The molecule has 0 bridgehead atoms. The summed E-state index contributed by atoms with van der Waals surface area (Å²) in [5.74, 6) is -0.224. The number of nitrogens with one attached hydrogen (secondary N) is 2. The molecular formula is C9H12N4O2S. The summed E-state index contributed by atoms with van der Waals surface area (Å²) in [4.78, 5) is 6.20. The van der Waals surface area contributed by atoms with Crippen molar-refractivity contribution in [1.82, 2.24) is 14.7 Å². The first-order valence-corrected chi connectivity index (χ1v) is 6.52. The van der Waals surface area contributed by atoms with Crippen LogP contribution in [0.1, 0.15) is 19.3 Å². The van der Waals surface area contributed by atoms with Gasteiger partial charge in [-0.15, -0.1) is 0 Å². The molecule has 6 nitrogen and oxygen atoms in total. The second-order valence-electron chi connectivity index (χ2n) is 3.81. The highest BCUT2D eigenvalue weighted by Crippen LogP contribution is 2.26. The maximum Gasteiger partial charge on any atom is 0.257 e. The topological polar surface area (TPSA) is 98.6 Å². The molecule has 2 rings (SSSR count). The highest BCUT2D eigenvalue weighted by Gasteiger charge is 2.31. The van der Waals surface area contributed by atoms with Crippen molar-refractivity contribution in [1.29, 1.82) is 5.26 Å². The zero-order valence-corrected chi connectivity index (χ0v) is 9.37. The molecule has 7 heteroatoms. The minimum atomic E-state index is -3.56. The summed E-state index contributed by atoms with van der Waals surface area (Å²) in [5.41, 5.74) is 0. The number of nitrogens with zero attached hydrogens (tertiary/aromatic N) is 2. The third-order valence-electron chi connectivity index (χ3n) is 2.75. The van der Waals surface area contributed by atoms with Gasteiger partial charge >= 0.3 is 0 Å². The van der Waals surface area contributed by atoms with Crippen LogP contribution in [0.3, 0.4) is 0 Å². The van der Waals surface area contributed by atoms with Gasteiger partial charge in [0.05, 0.1) is 24.5 Å². The van der Waals surface area contributed by atoms with E-state index in [4.69, 9.17) is 5.26 Å². The van der Waals surface area contributed by atoms with Crippen LogP contribution in [0.4, 0.5) is 0 Å².